The Morgan fingerprint density at radius 1 is 1.28 bits per heavy atom. The summed E-state index contributed by atoms with van der Waals surface area (Å²) in [7, 11) is 0. The Morgan fingerprint density at radius 3 is 2.76 bits per heavy atom. The summed E-state index contributed by atoms with van der Waals surface area (Å²) >= 11 is 0. The number of amides is 1. The normalized spacial score (nSPS) is 17.9. The predicted molar refractivity (Wildman–Crippen MR) is 92.0 cm³/mol. The summed E-state index contributed by atoms with van der Waals surface area (Å²) in [5.41, 5.74) is -0.126. The molecule has 25 heavy (non-hydrogen) atoms. The van der Waals surface area contributed by atoms with Crippen LogP contribution in [0.25, 0.3) is 11.6 Å². The van der Waals surface area contributed by atoms with Gasteiger partial charge in [-0.15, -0.1) is 5.10 Å². The smallest absolute Gasteiger partial charge is 0.346 e. The zero-order chi connectivity index (χ0) is 17.2. The maximum absolute atomic E-state index is 12.6. The zero-order valence-corrected chi connectivity index (χ0v) is 14.3. The molecule has 1 amide bonds. The minimum absolute atomic E-state index is 0.0767. The summed E-state index contributed by atoms with van der Waals surface area (Å²) in [5.74, 6) is 1.79. The number of hydrogen-bond donors (Lipinski definition) is 1. The Bertz CT molecular complexity index is 780. The van der Waals surface area contributed by atoms with Crippen LogP contribution in [0, 0.1) is 5.92 Å². The average molecular weight is 344 g/mol. The van der Waals surface area contributed by atoms with Crippen molar-refractivity contribution in [2.45, 2.75) is 57.5 Å². The Labute approximate surface area is 146 Å². The highest BCUT2D eigenvalue weighted by molar-refractivity contribution is 5.76. The van der Waals surface area contributed by atoms with E-state index in [2.05, 4.69) is 10.4 Å². The Balaban J connectivity index is 1.40. The molecule has 0 aromatic carbocycles. The summed E-state index contributed by atoms with van der Waals surface area (Å²) in [4.78, 5) is 24.6. The first-order valence-electron chi connectivity index (χ1n) is 9.22. The molecule has 134 valence electrons. The third kappa shape index (κ3) is 3.55. The molecule has 0 aliphatic heterocycles. The Hall–Kier alpha value is -2.31. The minimum Gasteiger partial charge on any atom is -0.461 e. The molecule has 2 saturated carbocycles. The SMILES string of the molecule is O=C(CC1CCCC1)NCCn1nc(-c2ccco2)n(C2CC2)c1=O. The summed E-state index contributed by atoms with van der Waals surface area (Å²) in [6.07, 6.45) is 8.97. The molecule has 2 aromatic heterocycles. The summed E-state index contributed by atoms with van der Waals surface area (Å²) in [5, 5.41) is 7.36. The van der Waals surface area contributed by atoms with Gasteiger partial charge < -0.3 is 9.73 Å². The van der Waals surface area contributed by atoms with E-state index < -0.39 is 0 Å². The van der Waals surface area contributed by atoms with Crippen LogP contribution in [0.3, 0.4) is 0 Å². The molecule has 0 saturated heterocycles. The van der Waals surface area contributed by atoms with Crippen LogP contribution in [0.4, 0.5) is 0 Å². The van der Waals surface area contributed by atoms with Crippen LogP contribution in [-0.4, -0.2) is 26.8 Å². The van der Waals surface area contributed by atoms with Crippen LogP contribution in [0.15, 0.2) is 27.6 Å². The quantitative estimate of drug-likeness (QED) is 0.836. The summed E-state index contributed by atoms with van der Waals surface area (Å²) < 4.78 is 8.58. The molecule has 2 fully saturated rings. The van der Waals surface area contributed by atoms with E-state index in [-0.39, 0.29) is 17.6 Å². The second-order valence-electron chi connectivity index (χ2n) is 7.11. The summed E-state index contributed by atoms with van der Waals surface area (Å²) in [6.45, 7) is 0.799. The zero-order valence-electron chi connectivity index (χ0n) is 14.3. The molecule has 0 radical (unpaired) electrons. The second kappa shape index (κ2) is 6.90. The van der Waals surface area contributed by atoms with Crippen molar-refractivity contribution in [3.63, 3.8) is 0 Å². The number of carbonyl (C=O) groups excluding carboxylic acids is 1. The molecule has 7 nitrogen and oxygen atoms in total. The topological polar surface area (TPSA) is 82.1 Å². The lowest BCUT2D eigenvalue weighted by molar-refractivity contribution is -0.122. The molecule has 7 heteroatoms. The molecule has 2 aliphatic carbocycles. The molecular formula is C18H24N4O3. The maximum Gasteiger partial charge on any atom is 0.346 e. The lowest BCUT2D eigenvalue weighted by atomic mass is 10.0. The number of rotatable bonds is 7. The van der Waals surface area contributed by atoms with Gasteiger partial charge in [-0.3, -0.25) is 9.36 Å². The van der Waals surface area contributed by atoms with Gasteiger partial charge in [-0.2, -0.15) is 0 Å². The van der Waals surface area contributed by atoms with E-state index in [0.717, 1.165) is 25.7 Å². The van der Waals surface area contributed by atoms with Gasteiger partial charge in [-0.1, -0.05) is 12.8 Å². The van der Waals surface area contributed by atoms with Crippen LogP contribution in [0.1, 0.15) is 51.0 Å². The number of nitrogens with zero attached hydrogens (tertiary/aromatic N) is 3. The molecular weight excluding hydrogens is 320 g/mol. The van der Waals surface area contributed by atoms with Gasteiger partial charge in [0, 0.05) is 19.0 Å². The van der Waals surface area contributed by atoms with Crippen LogP contribution in [0.2, 0.25) is 0 Å². The fourth-order valence-corrected chi connectivity index (χ4v) is 3.65. The maximum atomic E-state index is 12.6. The van der Waals surface area contributed by atoms with Crippen LogP contribution in [0.5, 0.6) is 0 Å². The largest absolute Gasteiger partial charge is 0.461 e. The summed E-state index contributed by atoms with van der Waals surface area (Å²) in [6, 6.07) is 3.83. The molecule has 0 bridgehead atoms. The predicted octanol–water partition coefficient (Wildman–Crippen LogP) is 2.34. The lowest BCUT2D eigenvalue weighted by Crippen LogP contribution is -2.32. The number of furan rings is 1. The lowest BCUT2D eigenvalue weighted by Gasteiger charge is -2.09. The molecule has 2 aromatic rings. The minimum atomic E-state index is -0.126. The van der Waals surface area contributed by atoms with E-state index in [1.165, 1.54) is 17.5 Å². The van der Waals surface area contributed by atoms with E-state index in [1.807, 2.05) is 6.07 Å². The van der Waals surface area contributed by atoms with Crippen LogP contribution in [-0.2, 0) is 11.3 Å². The highest BCUT2D eigenvalue weighted by Crippen LogP contribution is 2.36. The molecule has 0 unspecified atom stereocenters. The first-order valence-corrected chi connectivity index (χ1v) is 9.22. The molecule has 2 heterocycles. The molecule has 0 atom stereocenters. The molecule has 4 rings (SSSR count). The highest BCUT2D eigenvalue weighted by Gasteiger charge is 2.31. The van der Waals surface area contributed by atoms with Crippen molar-refractivity contribution in [2.75, 3.05) is 6.54 Å². The van der Waals surface area contributed by atoms with Gasteiger partial charge in [0.2, 0.25) is 11.7 Å². The van der Waals surface area contributed by atoms with Crippen LogP contribution >= 0.6 is 0 Å². The third-order valence-electron chi connectivity index (χ3n) is 5.12. The standard InChI is InChI=1S/C18H24N4O3/c23-16(12-13-4-1-2-5-13)19-9-10-21-18(24)22(14-7-8-14)17(20-21)15-6-3-11-25-15/h3,6,11,13-14H,1-2,4-5,7-10,12H2,(H,19,23). The first kappa shape index (κ1) is 16.2. The fraction of sp³-hybridized carbons (Fsp3) is 0.611. The van der Waals surface area contributed by atoms with Gasteiger partial charge in [-0.05, 0) is 43.7 Å². The average Bonchev–Trinajstić information content (AvgIpc) is 3.02. The van der Waals surface area contributed by atoms with Gasteiger partial charge >= 0.3 is 5.69 Å². The Morgan fingerprint density at radius 2 is 2.08 bits per heavy atom. The van der Waals surface area contributed by atoms with Gasteiger partial charge in [0.05, 0.1) is 12.8 Å². The van der Waals surface area contributed by atoms with Crippen molar-refractivity contribution in [2.24, 2.45) is 5.92 Å². The van der Waals surface area contributed by atoms with Crippen molar-refractivity contribution < 1.29 is 9.21 Å². The van der Waals surface area contributed by atoms with E-state index in [9.17, 15) is 9.59 Å². The van der Waals surface area contributed by atoms with Gasteiger partial charge in [0.15, 0.2) is 5.76 Å². The highest BCUT2D eigenvalue weighted by atomic mass is 16.3. The van der Waals surface area contributed by atoms with Crippen molar-refractivity contribution in [1.29, 1.82) is 0 Å². The van der Waals surface area contributed by atoms with Gasteiger partial charge in [0.25, 0.3) is 0 Å². The Kier molecular flexibility index (Phi) is 4.46. The third-order valence-corrected chi connectivity index (χ3v) is 5.12. The van der Waals surface area contributed by atoms with Crippen molar-refractivity contribution in [3.8, 4) is 11.6 Å². The van der Waals surface area contributed by atoms with Crippen LogP contribution < -0.4 is 11.0 Å². The number of aromatic nitrogens is 3. The fourth-order valence-electron chi connectivity index (χ4n) is 3.65. The van der Waals surface area contributed by atoms with E-state index in [1.54, 1.807) is 16.9 Å². The molecule has 0 spiro atoms. The number of hydrogen-bond acceptors (Lipinski definition) is 4. The van der Waals surface area contributed by atoms with Crippen molar-refractivity contribution in [3.05, 3.63) is 28.9 Å². The first-order chi connectivity index (χ1) is 12.2. The van der Waals surface area contributed by atoms with E-state index >= 15 is 0 Å². The number of carbonyl (C=O) groups is 1. The molecule has 1 N–H and O–H groups in total. The monoisotopic (exact) mass is 344 g/mol. The van der Waals surface area contributed by atoms with Crippen molar-refractivity contribution in [1.82, 2.24) is 19.7 Å². The number of nitrogens with one attached hydrogen (secondary N) is 1. The van der Waals surface area contributed by atoms with Gasteiger partial charge in [-0.25, -0.2) is 9.48 Å². The molecule has 2 aliphatic rings. The van der Waals surface area contributed by atoms with E-state index in [4.69, 9.17) is 4.42 Å². The second-order valence-corrected chi connectivity index (χ2v) is 7.11. The van der Waals surface area contributed by atoms with E-state index in [0.29, 0.717) is 37.0 Å². The van der Waals surface area contributed by atoms with Crippen molar-refractivity contribution >= 4 is 5.91 Å². The van der Waals surface area contributed by atoms with Gasteiger partial charge in [0.1, 0.15) is 0 Å².